The Balaban J connectivity index is 3.58. The second-order valence-corrected chi connectivity index (χ2v) is 4.65. The lowest BCUT2D eigenvalue weighted by molar-refractivity contribution is 0.0920. The summed E-state index contributed by atoms with van der Waals surface area (Å²) < 4.78 is 16.4. The predicted molar refractivity (Wildman–Crippen MR) is 80.0 cm³/mol. The molecule has 0 saturated carbocycles. The van der Waals surface area contributed by atoms with E-state index in [1.807, 2.05) is 26.0 Å². The van der Waals surface area contributed by atoms with Crippen molar-refractivity contribution < 1.29 is 14.2 Å². The molecule has 0 bridgehead atoms. The van der Waals surface area contributed by atoms with Crippen LogP contribution in [0.25, 0.3) is 0 Å². The maximum absolute atomic E-state index is 5.56. The summed E-state index contributed by atoms with van der Waals surface area (Å²) in [5.74, 6) is 0. The van der Waals surface area contributed by atoms with E-state index in [9.17, 15) is 0 Å². The average Bonchev–Trinajstić information content (AvgIpc) is 2.39. The summed E-state index contributed by atoms with van der Waals surface area (Å²) in [5, 5.41) is 0. The molecule has 0 radical (unpaired) electrons. The SMILES string of the molecule is CCCCOC(C)C=COC=CC(C)OCCCC. The molecule has 0 fully saturated rings. The van der Waals surface area contributed by atoms with Gasteiger partial charge in [0.15, 0.2) is 0 Å². The summed E-state index contributed by atoms with van der Waals surface area (Å²) in [6.07, 6.45) is 11.8. The molecule has 19 heavy (non-hydrogen) atoms. The zero-order valence-corrected chi connectivity index (χ0v) is 12.9. The minimum atomic E-state index is 0.0955. The normalized spacial score (nSPS) is 15.2. The molecule has 112 valence electrons. The van der Waals surface area contributed by atoms with Crippen LogP contribution in [0.4, 0.5) is 0 Å². The molecule has 0 aliphatic heterocycles. The smallest absolute Gasteiger partial charge is 0.0887 e. The highest BCUT2D eigenvalue weighted by Crippen LogP contribution is 1.99. The quantitative estimate of drug-likeness (QED) is 0.387. The molecule has 3 heteroatoms. The van der Waals surface area contributed by atoms with Gasteiger partial charge in [0.25, 0.3) is 0 Å². The molecule has 0 amide bonds. The van der Waals surface area contributed by atoms with Crippen LogP contribution in [0.1, 0.15) is 53.4 Å². The van der Waals surface area contributed by atoms with Gasteiger partial charge in [0.1, 0.15) is 0 Å². The third kappa shape index (κ3) is 13.4. The van der Waals surface area contributed by atoms with E-state index in [1.54, 1.807) is 12.5 Å². The van der Waals surface area contributed by atoms with Crippen molar-refractivity contribution in [1.82, 2.24) is 0 Å². The minimum Gasteiger partial charge on any atom is -0.473 e. The highest BCUT2D eigenvalue weighted by atomic mass is 16.5. The van der Waals surface area contributed by atoms with Gasteiger partial charge in [-0.3, -0.25) is 0 Å². The van der Waals surface area contributed by atoms with Crippen molar-refractivity contribution in [3.63, 3.8) is 0 Å². The van der Waals surface area contributed by atoms with Gasteiger partial charge >= 0.3 is 0 Å². The van der Waals surface area contributed by atoms with Crippen molar-refractivity contribution in [3.8, 4) is 0 Å². The van der Waals surface area contributed by atoms with Gasteiger partial charge in [0, 0.05) is 13.2 Å². The van der Waals surface area contributed by atoms with Crippen LogP contribution in [0.15, 0.2) is 24.7 Å². The summed E-state index contributed by atoms with van der Waals surface area (Å²) in [4.78, 5) is 0. The largest absolute Gasteiger partial charge is 0.473 e. The molecule has 0 aromatic rings. The zero-order chi connectivity index (χ0) is 14.3. The summed E-state index contributed by atoms with van der Waals surface area (Å²) in [5.41, 5.74) is 0. The van der Waals surface area contributed by atoms with Crippen molar-refractivity contribution >= 4 is 0 Å². The van der Waals surface area contributed by atoms with Crippen LogP contribution in [0, 0.1) is 0 Å². The van der Waals surface area contributed by atoms with Crippen molar-refractivity contribution in [2.75, 3.05) is 13.2 Å². The maximum atomic E-state index is 5.56. The van der Waals surface area contributed by atoms with Crippen LogP contribution < -0.4 is 0 Å². The summed E-state index contributed by atoms with van der Waals surface area (Å²) in [6, 6.07) is 0. The molecule has 2 unspecified atom stereocenters. The van der Waals surface area contributed by atoms with Gasteiger partial charge in [-0.1, -0.05) is 26.7 Å². The Morgan fingerprint density at radius 3 is 1.58 bits per heavy atom. The molecule has 0 heterocycles. The van der Waals surface area contributed by atoms with Crippen molar-refractivity contribution in [2.24, 2.45) is 0 Å². The number of ether oxygens (including phenoxy) is 3. The summed E-state index contributed by atoms with van der Waals surface area (Å²) in [6.45, 7) is 9.94. The highest BCUT2D eigenvalue weighted by molar-refractivity contribution is 4.86. The van der Waals surface area contributed by atoms with Crippen LogP contribution >= 0.6 is 0 Å². The fraction of sp³-hybridized carbons (Fsp3) is 0.750. The Morgan fingerprint density at radius 1 is 0.789 bits per heavy atom. The summed E-state index contributed by atoms with van der Waals surface area (Å²) >= 11 is 0. The Morgan fingerprint density at radius 2 is 1.21 bits per heavy atom. The van der Waals surface area contributed by atoms with E-state index in [0.717, 1.165) is 38.9 Å². The molecule has 3 nitrogen and oxygen atoms in total. The first-order chi connectivity index (χ1) is 9.20. The maximum Gasteiger partial charge on any atom is 0.0887 e. The van der Waals surface area contributed by atoms with Gasteiger partial charge in [-0.2, -0.15) is 0 Å². The first kappa shape index (κ1) is 18.2. The van der Waals surface area contributed by atoms with Gasteiger partial charge < -0.3 is 14.2 Å². The van der Waals surface area contributed by atoms with Crippen molar-refractivity contribution in [2.45, 2.75) is 65.6 Å². The summed E-state index contributed by atoms with van der Waals surface area (Å²) in [7, 11) is 0. The van der Waals surface area contributed by atoms with Crippen LogP contribution in [0.2, 0.25) is 0 Å². The highest BCUT2D eigenvalue weighted by Gasteiger charge is 1.96. The second-order valence-electron chi connectivity index (χ2n) is 4.65. The van der Waals surface area contributed by atoms with E-state index < -0.39 is 0 Å². The molecule has 0 N–H and O–H groups in total. The van der Waals surface area contributed by atoms with Crippen molar-refractivity contribution in [1.29, 1.82) is 0 Å². The Kier molecular flexibility index (Phi) is 13.1. The van der Waals surface area contributed by atoms with E-state index in [2.05, 4.69) is 13.8 Å². The topological polar surface area (TPSA) is 27.7 Å². The van der Waals surface area contributed by atoms with E-state index in [-0.39, 0.29) is 12.2 Å². The first-order valence-electron chi connectivity index (χ1n) is 7.42. The van der Waals surface area contributed by atoms with Gasteiger partial charge in [-0.05, 0) is 38.8 Å². The second kappa shape index (κ2) is 13.6. The lowest BCUT2D eigenvalue weighted by Crippen LogP contribution is -2.06. The van der Waals surface area contributed by atoms with Gasteiger partial charge in [0.05, 0.1) is 24.7 Å². The fourth-order valence-electron chi connectivity index (χ4n) is 1.30. The zero-order valence-electron chi connectivity index (χ0n) is 12.9. The first-order valence-corrected chi connectivity index (χ1v) is 7.42. The van der Waals surface area contributed by atoms with Crippen LogP contribution in [-0.4, -0.2) is 25.4 Å². The van der Waals surface area contributed by atoms with Crippen molar-refractivity contribution in [3.05, 3.63) is 24.7 Å². The molecule has 2 atom stereocenters. The predicted octanol–water partition coefficient (Wildman–Crippen LogP) is 4.44. The Labute approximate surface area is 118 Å². The standard InChI is InChI=1S/C16H30O3/c1-5-7-11-18-15(3)9-13-17-14-10-16(4)19-12-8-6-2/h9-10,13-16H,5-8,11-12H2,1-4H3. The number of unbranched alkanes of at least 4 members (excludes halogenated alkanes) is 2. The van der Waals surface area contributed by atoms with E-state index >= 15 is 0 Å². The lowest BCUT2D eigenvalue weighted by Gasteiger charge is -2.08. The molecular weight excluding hydrogens is 240 g/mol. The van der Waals surface area contributed by atoms with Crippen LogP contribution in [-0.2, 0) is 14.2 Å². The lowest BCUT2D eigenvalue weighted by atomic mass is 10.3. The Bertz CT molecular complexity index is 212. The van der Waals surface area contributed by atoms with Gasteiger partial charge in [0.2, 0.25) is 0 Å². The monoisotopic (exact) mass is 270 g/mol. The third-order valence-corrected chi connectivity index (χ3v) is 2.61. The number of hydrogen-bond acceptors (Lipinski definition) is 3. The third-order valence-electron chi connectivity index (χ3n) is 2.61. The molecule has 0 saturated heterocycles. The fourth-order valence-corrected chi connectivity index (χ4v) is 1.30. The van der Waals surface area contributed by atoms with Crippen LogP contribution in [0.5, 0.6) is 0 Å². The molecule has 0 aromatic heterocycles. The molecule has 0 rings (SSSR count). The number of hydrogen-bond donors (Lipinski definition) is 0. The van der Waals surface area contributed by atoms with Gasteiger partial charge in [-0.15, -0.1) is 0 Å². The van der Waals surface area contributed by atoms with Crippen LogP contribution in [0.3, 0.4) is 0 Å². The molecule has 0 spiro atoms. The number of rotatable bonds is 12. The molecule has 0 aliphatic rings. The average molecular weight is 270 g/mol. The molecular formula is C16H30O3. The molecule has 0 aliphatic carbocycles. The van der Waals surface area contributed by atoms with Gasteiger partial charge in [-0.25, -0.2) is 0 Å². The minimum absolute atomic E-state index is 0.0955. The Hall–Kier alpha value is -0.800. The van der Waals surface area contributed by atoms with E-state index in [4.69, 9.17) is 14.2 Å². The van der Waals surface area contributed by atoms with E-state index in [0.29, 0.717) is 0 Å². The molecule has 0 aromatic carbocycles. The van der Waals surface area contributed by atoms with E-state index in [1.165, 1.54) is 0 Å².